The quantitative estimate of drug-likeness (QED) is 0.756. The monoisotopic (exact) mass is 229 g/mol. The Morgan fingerprint density at radius 2 is 1.56 bits per heavy atom. The van der Waals surface area contributed by atoms with Gasteiger partial charge in [0.15, 0.2) is 0 Å². The average molecular weight is 229 g/mol. The van der Waals surface area contributed by atoms with Crippen LogP contribution < -0.4 is 5.32 Å². The number of carbonyl (C=O) groups is 2. The molecule has 0 fully saturated rings. The predicted octanol–water partition coefficient (Wildman–Crippen LogP) is 1.89. The zero-order chi connectivity index (χ0) is 13.1. The highest BCUT2D eigenvalue weighted by molar-refractivity contribution is 5.87. The maximum absolute atomic E-state index is 11.8. The molecule has 2 N–H and O–H groups in total. The molecule has 2 unspecified atom stereocenters. The van der Waals surface area contributed by atoms with E-state index >= 15 is 0 Å². The van der Waals surface area contributed by atoms with Crippen LogP contribution in [0.5, 0.6) is 0 Å². The van der Waals surface area contributed by atoms with Gasteiger partial charge in [0.05, 0.1) is 0 Å². The summed E-state index contributed by atoms with van der Waals surface area (Å²) in [5.74, 6) is -1.34. The van der Waals surface area contributed by atoms with Crippen molar-refractivity contribution >= 4 is 11.9 Å². The molecule has 16 heavy (non-hydrogen) atoms. The molecule has 0 heterocycles. The Morgan fingerprint density at radius 1 is 1.12 bits per heavy atom. The van der Waals surface area contributed by atoms with E-state index in [4.69, 9.17) is 5.11 Å². The second-order valence-electron chi connectivity index (χ2n) is 5.18. The predicted molar refractivity (Wildman–Crippen MR) is 63.0 cm³/mol. The van der Waals surface area contributed by atoms with Crippen molar-refractivity contribution in [2.24, 2.45) is 17.8 Å². The van der Waals surface area contributed by atoms with Crippen LogP contribution in [0, 0.1) is 17.8 Å². The van der Waals surface area contributed by atoms with Gasteiger partial charge < -0.3 is 10.4 Å². The molecule has 2 atom stereocenters. The molecule has 0 aromatic heterocycles. The van der Waals surface area contributed by atoms with E-state index in [9.17, 15) is 9.59 Å². The molecule has 1 amide bonds. The number of hydrogen-bond donors (Lipinski definition) is 2. The molecule has 94 valence electrons. The normalized spacial score (nSPS) is 17.0. The van der Waals surface area contributed by atoms with Gasteiger partial charge in [-0.25, -0.2) is 4.79 Å². The molecule has 0 saturated heterocycles. The second kappa shape index (κ2) is 5.32. The van der Waals surface area contributed by atoms with Crippen LogP contribution in [0.3, 0.4) is 0 Å². The zero-order valence-corrected chi connectivity index (χ0v) is 11.0. The Balaban J connectivity index is 4.79. The van der Waals surface area contributed by atoms with Crippen molar-refractivity contribution in [1.29, 1.82) is 0 Å². The fraction of sp³-hybridized carbons (Fsp3) is 0.833. The molecule has 0 aliphatic carbocycles. The maximum atomic E-state index is 11.8. The highest BCUT2D eigenvalue weighted by atomic mass is 16.4. The van der Waals surface area contributed by atoms with E-state index in [1.54, 1.807) is 20.8 Å². The third-order valence-electron chi connectivity index (χ3n) is 3.40. The Labute approximate surface area is 97.4 Å². The Bertz CT molecular complexity index is 273. The van der Waals surface area contributed by atoms with E-state index < -0.39 is 11.5 Å². The molecule has 0 aliphatic rings. The lowest BCUT2D eigenvalue weighted by Gasteiger charge is -2.32. The Kier molecular flexibility index (Phi) is 4.97. The van der Waals surface area contributed by atoms with E-state index in [-0.39, 0.29) is 23.7 Å². The molecule has 0 saturated carbocycles. The van der Waals surface area contributed by atoms with Crippen molar-refractivity contribution in [2.45, 2.75) is 47.1 Å². The van der Waals surface area contributed by atoms with Crippen LogP contribution >= 0.6 is 0 Å². The molecule has 4 nitrogen and oxygen atoms in total. The lowest BCUT2D eigenvalue weighted by atomic mass is 9.87. The number of hydrogen-bond acceptors (Lipinski definition) is 2. The van der Waals surface area contributed by atoms with Gasteiger partial charge in [-0.05, 0) is 18.8 Å². The van der Waals surface area contributed by atoms with Gasteiger partial charge in [0.25, 0.3) is 0 Å². The fourth-order valence-corrected chi connectivity index (χ4v) is 1.12. The molecular weight excluding hydrogens is 206 g/mol. The van der Waals surface area contributed by atoms with E-state index in [1.165, 1.54) is 0 Å². The van der Waals surface area contributed by atoms with Crippen molar-refractivity contribution in [1.82, 2.24) is 5.32 Å². The number of aliphatic carboxylic acids is 1. The summed E-state index contributed by atoms with van der Waals surface area (Å²) in [5, 5.41) is 11.8. The number of carboxylic acids is 1. The third-order valence-corrected chi connectivity index (χ3v) is 3.40. The smallest absolute Gasteiger partial charge is 0.329 e. The third kappa shape index (κ3) is 3.22. The number of carbonyl (C=O) groups excluding carboxylic acids is 1. The topological polar surface area (TPSA) is 66.4 Å². The number of amides is 1. The van der Waals surface area contributed by atoms with Gasteiger partial charge in [-0.15, -0.1) is 0 Å². The highest BCUT2D eigenvalue weighted by Crippen LogP contribution is 2.19. The molecule has 0 aromatic rings. The van der Waals surface area contributed by atoms with Crippen LogP contribution in [0.4, 0.5) is 0 Å². The minimum Gasteiger partial charge on any atom is -0.480 e. The Morgan fingerprint density at radius 3 is 1.81 bits per heavy atom. The molecule has 0 rings (SSSR count). The van der Waals surface area contributed by atoms with Gasteiger partial charge in [0.2, 0.25) is 5.91 Å². The number of carboxylic acid groups (broad SMARTS) is 1. The number of rotatable bonds is 5. The zero-order valence-electron chi connectivity index (χ0n) is 11.0. The van der Waals surface area contributed by atoms with Crippen LogP contribution in [-0.4, -0.2) is 22.5 Å². The van der Waals surface area contributed by atoms with Crippen molar-refractivity contribution < 1.29 is 14.7 Å². The summed E-state index contributed by atoms with van der Waals surface area (Å²) in [6.07, 6.45) is 0. The molecule has 4 heteroatoms. The highest BCUT2D eigenvalue weighted by Gasteiger charge is 2.39. The van der Waals surface area contributed by atoms with Gasteiger partial charge in [-0.2, -0.15) is 0 Å². The minimum atomic E-state index is -1.19. The summed E-state index contributed by atoms with van der Waals surface area (Å²) in [6.45, 7) is 10.8. The van der Waals surface area contributed by atoms with Crippen LogP contribution in [0.1, 0.15) is 41.5 Å². The van der Waals surface area contributed by atoms with Crippen molar-refractivity contribution in [3.63, 3.8) is 0 Å². The van der Waals surface area contributed by atoms with Crippen molar-refractivity contribution in [2.75, 3.05) is 0 Å². The first-order valence-electron chi connectivity index (χ1n) is 5.68. The van der Waals surface area contributed by atoms with Gasteiger partial charge >= 0.3 is 5.97 Å². The van der Waals surface area contributed by atoms with Crippen molar-refractivity contribution in [3.05, 3.63) is 0 Å². The first kappa shape index (κ1) is 14.9. The second-order valence-corrected chi connectivity index (χ2v) is 5.18. The van der Waals surface area contributed by atoms with Gasteiger partial charge in [-0.3, -0.25) is 4.79 Å². The van der Waals surface area contributed by atoms with Crippen LogP contribution in [-0.2, 0) is 9.59 Å². The van der Waals surface area contributed by atoms with Crippen LogP contribution in [0.15, 0.2) is 0 Å². The van der Waals surface area contributed by atoms with E-state index in [1.807, 2.05) is 20.8 Å². The minimum absolute atomic E-state index is 0.159. The first-order chi connectivity index (χ1) is 7.12. The molecule has 0 spiro atoms. The van der Waals surface area contributed by atoms with Crippen molar-refractivity contribution in [3.8, 4) is 0 Å². The fourth-order valence-electron chi connectivity index (χ4n) is 1.12. The van der Waals surface area contributed by atoms with Crippen LogP contribution in [0.25, 0.3) is 0 Å². The van der Waals surface area contributed by atoms with E-state index in [0.717, 1.165) is 0 Å². The lowest BCUT2D eigenvalue weighted by Crippen LogP contribution is -2.57. The van der Waals surface area contributed by atoms with Crippen LogP contribution in [0.2, 0.25) is 0 Å². The number of nitrogens with one attached hydrogen (secondary N) is 1. The molecule has 0 aromatic carbocycles. The molecule has 0 radical (unpaired) electrons. The summed E-state index contributed by atoms with van der Waals surface area (Å²) < 4.78 is 0. The largest absolute Gasteiger partial charge is 0.480 e. The van der Waals surface area contributed by atoms with Gasteiger partial charge in [0.1, 0.15) is 5.54 Å². The summed E-state index contributed by atoms with van der Waals surface area (Å²) in [5.41, 5.74) is -1.19. The summed E-state index contributed by atoms with van der Waals surface area (Å²) in [4.78, 5) is 23.0. The van der Waals surface area contributed by atoms with Gasteiger partial charge in [0, 0.05) is 5.92 Å². The summed E-state index contributed by atoms with van der Waals surface area (Å²) in [6, 6.07) is 0. The lowest BCUT2D eigenvalue weighted by molar-refractivity contribution is -0.149. The first-order valence-corrected chi connectivity index (χ1v) is 5.68. The average Bonchev–Trinajstić information content (AvgIpc) is 2.15. The van der Waals surface area contributed by atoms with Gasteiger partial charge in [-0.1, -0.05) is 34.6 Å². The van der Waals surface area contributed by atoms with E-state index in [2.05, 4.69) is 5.32 Å². The Hall–Kier alpha value is -1.06. The molecule has 0 bridgehead atoms. The SMILES string of the molecule is CC(C)C(C)C(=O)NC(C)(C(=O)O)C(C)C. The molecule has 0 aliphatic heterocycles. The molecular formula is C12H23NO3. The summed E-state index contributed by atoms with van der Waals surface area (Å²) >= 11 is 0. The standard InChI is InChI=1S/C12H23NO3/c1-7(2)9(5)10(14)13-12(6,8(3)4)11(15)16/h7-9H,1-6H3,(H,13,14)(H,15,16). The van der Waals surface area contributed by atoms with E-state index in [0.29, 0.717) is 0 Å². The summed E-state index contributed by atoms with van der Waals surface area (Å²) in [7, 11) is 0. The maximum Gasteiger partial charge on any atom is 0.329 e.